The number of hydrogen-bond donors (Lipinski definition) is 2. The van der Waals surface area contributed by atoms with Gasteiger partial charge in [0.25, 0.3) is 0 Å². The fraction of sp³-hybridized carbons (Fsp3) is 0.435. The monoisotopic (exact) mass is 445 g/mol. The normalized spacial score (nSPS) is 16.8. The molecule has 8 heteroatoms. The molecule has 3 rings (SSSR count). The first-order valence-electron chi connectivity index (χ1n) is 10.5. The molecule has 2 aromatic carbocycles. The van der Waals surface area contributed by atoms with Crippen molar-refractivity contribution in [2.45, 2.75) is 24.8 Å². The van der Waals surface area contributed by atoms with Gasteiger partial charge < -0.3 is 20.1 Å². The van der Waals surface area contributed by atoms with Gasteiger partial charge in [0.2, 0.25) is 0 Å². The van der Waals surface area contributed by atoms with Crippen molar-refractivity contribution in [1.82, 2.24) is 10.6 Å². The number of aryl methyl sites for hydroxylation is 1. The molecule has 1 aliphatic heterocycles. The molecule has 2 aromatic rings. The molecule has 0 amide bonds. The van der Waals surface area contributed by atoms with Gasteiger partial charge in [-0.3, -0.25) is 4.99 Å². The van der Waals surface area contributed by atoms with Crippen molar-refractivity contribution in [1.29, 1.82) is 0 Å². The predicted molar refractivity (Wildman–Crippen MR) is 122 cm³/mol. The zero-order chi connectivity index (χ0) is 22.1. The van der Waals surface area contributed by atoms with Gasteiger partial charge in [0.15, 0.2) is 15.8 Å². The van der Waals surface area contributed by atoms with Crippen molar-refractivity contribution >= 4 is 15.8 Å². The number of guanidine groups is 1. The first-order chi connectivity index (χ1) is 15.0. The van der Waals surface area contributed by atoms with E-state index in [9.17, 15) is 8.42 Å². The van der Waals surface area contributed by atoms with Crippen LogP contribution >= 0.6 is 0 Å². The van der Waals surface area contributed by atoms with Crippen molar-refractivity contribution in [3.8, 4) is 5.75 Å². The zero-order valence-electron chi connectivity index (χ0n) is 18.1. The Balaban J connectivity index is 1.52. The van der Waals surface area contributed by atoms with Gasteiger partial charge in [0.1, 0.15) is 5.75 Å². The van der Waals surface area contributed by atoms with Crippen molar-refractivity contribution in [2.75, 3.05) is 39.2 Å². The molecular weight excluding hydrogens is 414 g/mol. The maximum Gasteiger partial charge on any atom is 0.191 e. The van der Waals surface area contributed by atoms with Crippen molar-refractivity contribution < 1.29 is 17.9 Å². The summed E-state index contributed by atoms with van der Waals surface area (Å²) in [4.78, 5) is 4.52. The molecule has 1 unspecified atom stereocenters. The van der Waals surface area contributed by atoms with Gasteiger partial charge in [-0.25, -0.2) is 8.42 Å². The Morgan fingerprint density at radius 1 is 1.19 bits per heavy atom. The van der Waals surface area contributed by atoms with E-state index >= 15 is 0 Å². The van der Waals surface area contributed by atoms with E-state index in [-0.39, 0.29) is 12.3 Å². The van der Waals surface area contributed by atoms with E-state index in [1.807, 2.05) is 25.1 Å². The summed E-state index contributed by atoms with van der Waals surface area (Å²) < 4.78 is 36.3. The van der Waals surface area contributed by atoms with Crippen LogP contribution < -0.4 is 15.4 Å². The van der Waals surface area contributed by atoms with Gasteiger partial charge in [0.05, 0.1) is 23.9 Å². The number of hydrogen-bond acceptors (Lipinski definition) is 5. The summed E-state index contributed by atoms with van der Waals surface area (Å²) in [5.41, 5.74) is 2.15. The Hall–Kier alpha value is -2.58. The quantitative estimate of drug-likeness (QED) is 0.456. The lowest BCUT2D eigenvalue weighted by molar-refractivity contribution is 0.166. The van der Waals surface area contributed by atoms with Crippen LogP contribution in [0.4, 0.5) is 0 Å². The minimum absolute atomic E-state index is 0.0138. The molecule has 168 valence electrons. The van der Waals surface area contributed by atoms with E-state index in [0.717, 1.165) is 36.5 Å². The maximum absolute atomic E-state index is 12.4. The molecule has 0 radical (unpaired) electrons. The van der Waals surface area contributed by atoms with Crippen LogP contribution in [0.3, 0.4) is 0 Å². The lowest BCUT2D eigenvalue weighted by Crippen LogP contribution is -2.39. The second-order valence-electron chi connectivity index (χ2n) is 7.64. The summed E-state index contributed by atoms with van der Waals surface area (Å²) in [6.07, 6.45) is 1.03. The third kappa shape index (κ3) is 6.97. The van der Waals surface area contributed by atoms with Gasteiger partial charge in [-0.05, 0) is 37.1 Å². The molecule has 1 saturated heterocycles. The lowest BCUT2D eigenvalue weighted by atomic mass is 10.1. The Kier molecular flexibility index (Phi) is 8.31. The number of nitrogens with zero attached hydrogens (tertiary/aromatic N) is 1. The molecule has 1 aliphatic rings. The summed E-state index contributed by atoms with van der Waals surface area (Å²) in [5.74, 6) is 1.81. The average molecular weight is 446 g/mol. The molecule has 1 fully saturated rings. The van der Waals surface area contributed by atoms with Crippen LogP contribution in [0.5, 0.6) is 5.75 Å². The predicted octanol–water partition coefficient (Wildman–Crippen LogP) is 2.55. The van der Waals surface area contributed by atoms with Crippen molar-refractivity contribution in [3.63, 3.8) is 0 Å². The van der Waals surface area contributed by atoms with Gasteiger partial charge >= 0.3 is 0 Å². The average Bonchev–Trinajstić information content (AvgIpc) is 3.30. The fourth-order valence-corrected chi connectivity index (χ4v) is 4.49. The molecular formula is C23H31N3O4S. The highest BCUT2D eigenvalue weighted by Gasteiger charge is 2.17. The van der Waals surface area contributed by atoms with Crippen LogP contribution in [-0.4, -0.2) is 53.5 Å². The highest BCUT2D eigenvalue weighted by molar-refractivity contribution is 7.91. The minimum atomic E-state index is -3.33. The SMILES string of the molecule is CN=C(NCCS(=O)(=O)c1ccccc1)NCc1ccc(C)cc1OCC1CCOC1. The van der Waals surface area contributed by atoms with Gasteiger partial charge in [-0.2, -0.15) is 0 Å². The summed E-state index contributed by atoms with van der Waals surface area (Å²) in [5, 5.41) is 6.31. The van der Waals surface area contributed by atoms with Crippen LogP contribution in [0.2, 0.25) is 0 Å². The number of ether oxygens (including phenoxy) is 2. The first kappa shape index (κ1) is 23.1. The maximum atomic E-state index is 12.4. The Labute approximate surface area is 184 Å². The summed E-state index contributed by atoms with van der Waals surface area (Å²) in [6, 6.07) is 14.6. The molecule has 1 heterocycles. The molecule has 31 heavy (non-hydrogen) atoms. The Morgan fingerprint density at radius 3 is 2.71 bits per heavy atom. The molecule has 1 atom stereocenters. The van der Waals surface area contributed by atoms with Gasteiger partial charge in [-0.1, -0.05) is 30.3 Å². The van der Waals surface area contributed by atoms with E-state index in [0.29, 0.717) is 29.9 Å². The number of rotatable bonds is 9. The Bertz CT molecular complexity index is 972. The van der Waals surface area contributed by atoms with Gasteiger partial charge in [0, 0.05) is 38.2 Å². The first-order valence-corrected chi connectivity index (χ1v) is 12.2. The van der Waals surface area contributed by atoms with Crippen LogP contribution in [0.15, 0.2) is 58.4 Å². The van der Waals surface area contributed by atoms with E-state index in [1.54, 1.807) is 37.4 Å². The van der Waals surface area contributed by atoms with Crippen molar-refractivity contribution in [3.05, 3.63) is 59.7 Å². The third-order valence-corrected chi connectivity index (χ3v) is 6.89. The molecule has 0 bridgehead atoms. The van der Waals surface area contributed by atoms with E-state index < -0.39 is 9.84 Å². The topological polar surface area (TPSA) is 89.0 Å². The van der Waals surface area contributed by atoms with E-state index in [4.69, 9.17) is 9.47 Å². The molecule has 0 spiro atoms. The van der Waals surface area contributed by atoms with E-state index in [2.05, 4.69) is 15.6 Å². The smallest absolute Gasteiger partial charge is 0.191 e. The standard InChI is InChI=1S/C23H31N3O4S/c1-18-8-9-20(22(14-18)30-17-19-10-12-29-16-19)15-26-23(24-2)25-11-13-31(27,28)21-6-4-3-5-7-21/h3-9,14,19H,10-13,15-17H2,1-2H3,(H2,24,25,26). The van der Waals surface area contributed by atoms with Gasteiger partial charge in [-0.15, -0.1) is 0 Å². The summed E-state index contributed by atoms with van der Waals surface area (Å²) in [7, 11) is -1.67. The third-order valence-electron chi connectivity index (χ3n) is 5.16. The second kappa shape index (κ2) is 11.2. The van der Waals surface area contributed by atoms with Crippen LogP contribution in [-0.2, 0) is 21.1 Å². The number of aliphatic imine (C=N–C) groups is 1. The molecule has 2 N–H and O–H groups in total. The second-order valence-corrected chi connectivity index (χ2v) is 9.75. The highest BCUT2D eigenvalue weighted by atomic mass is 32.2. The molecule has 0 aliphatic carbocycles. The van der Waals surface area contributed by atoms with Crippen molar-refractivity contribution in [2.24, 2.45) is 10.9 Å². The highest BCUT2D eigenvalue weighted by Crippen LogP contribution is 2.22. The van der Waals surface area contributed by atoms with Crippen LogP contribution in [0.25, 0.3) is 0 Å². The minimum Gasteiger partial charge on any atom is -0.493 e. The Morgan fingerprint density at radius 2 is 2.00 bits per heavy atom. The lowest BCUT2D eigenvalue weighted by Gasteiger charge is -2.17. The van der Waals surface area contributed by atoms with E-state index in [1.165, 1.54) is 0 Å². The molecule has 7 nitrogen and oxygen atoms in total. The summed E-state index contributed by atoms with van der Waals surface area (Å²) in [6.45, 7) is 5.01. The number of nitrogens with one attached hydrogen (secondary N) is 2. The molecule has 0 saturated carbocycles. The summed E-state index contributed by atoms with van der Waals surface area (Å²) >= 11 is 0. The number of benzene rings is 2. The zero-order valence-corrected chi connectivity index (χ0v) is 19.0. The van der Waals surface area contributed by atoms with Crippen LogP contribution in [0.1, 0.15) is 17.5 Å². The van der Waals surface area contributed by atoms with Crippen LogP contribution in [0, 0.1) is 12.8 Å². The number of sulfone groups is 1. The fourth-order valence-electron chi connectivity index (χ4n) is 3.31. The molecule has 0 aromatic heterocycles. The largest absolute Gasteiger partial charge is 0.493 e.